The van der Waals surface area contributed by atoms with Crippen molar-refractivity contribution in [3.05, 3.63) is 94.0 Å². The standard InChI is InChI=1S/C29H28F3N3O4S/c1-16(2)21-6-5-7-22(25(21)26(33)36)27(37)34-23-13-10-19(14-17(23)3)28(29(30,31)32)15-24(35-39-28)18-8-11-20(12-9-18)40(4)38/h5-14,16H,15H2,1-4H3,(H2,33,36)(H,34,37). The van der Waals surface area contributed by atoms with E-state index in [4.69, 9.17) is 10.6 Å². The molecule has 3 aromatic rings. The zero-order valence-electron chi connectivity index (χ0n) is 22.3. The molecule has 2 amide bonds. The third-order valence-electron chi connectivity index (χ3n) is 6.86. The quantitative estimate of drug-likeness (QED) is 0.374. The molecule has 40 heavy (non-hydrogen) atoms. The summed E-state index contributed by atoms with van der Waals surface area (Å²) in [6, 6.07) is 15.0. The van der Waals surface area contributed by atoms with Crippen LogP contribution < -0.4 is 11.1 Å². The molecule has 3 N–H and O–H groups in total. The van der Waals surface area contributed by atoms with Crippen LogP contribution in [-0.2, 0) is 21.2 Å². The van der Waals surface area contributed by atoms with Gasteiger partial charge in [-0.15, -0.1) is 0 Å². The topological polar surface area (TPSA) is 111 Å². The highest BCUT2D eigenvalue weighted by atomic mass is 32.2. The number of nitrogens with two attached hydrogens (primary N) is 1. The molecule has 2 unspecified atom stereocenters. The maximum atomic E-state index is 14.5. The van der Waals surface area contributed by atoms with Crippen molar-refractivity contribution in [1.82, 2.24) is 0 Å². The Morgan fingerprint density at radius 2 is 1.77 bits per heavy atom. The molecule has 0 aromatic heterocycles. The third kappa shape index (κ3) is 5.38. The first-order valence-electron chi connectivity index (χ1n) is 12.4. The predicted molar refractivity (Wildman–Crippen MR) is 147 cm³/mol. The first kappa shape index (κ1) is 29.0. The molecule has 1 aliphatic rings. The first-order valence-corrected chi connectivity index (χ1v) is 13.9. The monoisotopic (exact) mass is 571 g/mol. The van der Waals surface area contributed by atoms with Crippen LogP contribution in [0, 0.1) is 6.92 Å². The lowest BCUT2D eigenvalue weighted by Crippen LogP contribution is -2.42. The highest BCUT2D eigenvalue weighted by Gasteiger charge is 2.62. The Balaban J connectivity index is 1.63. The molecule has 0 saturated carbocycles. The van der Waals surface area contributed by atoms with Crippen molar-refractivity contribution in [2.75, 3.05) is 11.6 Å². The van der Waals surface area contributed by atoms with Gasteiger partial charge in [0.1, 0.15) is 0 Å². The molecule has 1 heterocycles. The predicted octanol–water partition coefficient (Wildman–Crippen LogP) is 5.79. The molecule has 2 atom stereocenters. The van der Waals surface area contributed by atoms with Crippen LogP contribution in [0.15, 0.2) is 70.7 Å². The van der Waals surface area contributed by atoms with Crippen LogP contribution in [0.4, 0.5) is 18.9 Å². The molecule has 0 fully saturated rings. The van der Waals surface area contributed by atoms with Crippen LogP contribution in [0.3, 0.4) is 0 Å². The molecular formula is C29H28F3N3O4S. The molecule has 0 aliphatic carbocycles. The number of halogens is 3. The van der Waals surface area contributed by atoms with Gasteiger partial charge in [0.05, 0.1) is 16.8 Å². The molecule has 210 valence electrons. The van der Waals surface area contributed by atoms with E-state index >= 15 is 0 Å². The van der Waals surface area contributed by atoms with Crippen LogP contribution >= 0.6 is 0 Å². The van der Waals surface area contributed by atoms with Crippen molar-refractivity contribution >= 4 is 34.0 Å². The number of benzene rings is 3. The minimum absolute atomic E-state index is 0.0677. The Kier molecular flexibility index (Phi) is 7.89. The van der Waals surface area contributed by atoms with Gasteiger partial charge in [-0.3, -0.25) is 13.8 Å². The second kappa shape index (κ2) is 10.9. The van der Waals surface area contributed by atoms with Gasteiger partial charge in [0.25, 0.3) is 11.5 Å². The SMILES string of the molecule is Cc1cc(C2(C(F)(F)F)CC(c3ccc(S(C)=O)cc3)=NO2)ccc1NC(=O)c1cccc(C(C)C)c1C(N)=O. The number of carbonyl (C=O) groups excluding carboxylic acids is 2. The summed E-state index contributed by atoms with van der Waals surface area (Å²) >= 11 is 0. The lowest BCUT2D eigenvalue weighted by Gasteiger charge is -2.30. The molecule has 11 heteroatoms. The van der Waals surface area contributed by atoms with Crippen LogP contribution in [0.2, 0.25) is 0 Å². The van der Waals surface area contributed by atoms with Crippen LogP contribution in [0.1, 0.15) is 69.2 Å². The Morgan fingerprint density at radius 1 is 1.10 bits per heavy atom. The lowest BCUT2D eigenvalue weighted by atomic mass is 9.85. The van der Waals surface area contributed by atoms with Gasteiger partial charge in [0.2, 0.25) is 5.91 Å². The van der Waals surface area contributed by atoms with Crippen molar-refractivity contribution in [2.45, 2.75) is 49.8 Å². The molecule has 7 nitrogen and oxygen atoms in total. The van der Waals surface area contributed by atoms with Gasteiger partial charge in [-0.2, -0.15) is 13.2 Å². The second-order valence-electron chi connectivity index (χ2n) is 9.88. The van der Waals surface area contributed by atoms with Crippen molar-refractivity contribution in [3.8, 4) is 0 Å². The number of hydrogen-bond acceptors (Lipinski definition) is 5. The molecule has 1 aliphatic heterocycles. The zero-order valence-corrected chi connectivity index (χ0v) is 23.1. The van der Waals surface area contributed by atoms with Gasteiger partial charge in [-0.05, 0) is 59.9 Å². The molecule has 0 spiro atoms. The average Bonchev–Trinajstić information content (AvgIpc) is 3.36. The first-order chi connectivity index (χ1) is 18.7. The number of nitrogens with one attached hydrogen (secondary N) is 1. The highest BCUT2D eigenvalue weighted by molar-refractivity contribution is 7.84. The van der Waals surface area contributed by atoms with Crippen molar-refractivity contribution < 1.29 is 31.8 Å². The number of aryl methyl sites for hydroxylation is 1. The van der Waals surface area contributed by atoms with E-state index in [1.54, 1.807) is 43.3 Å². The number of anilines is 1. The molecule has 0 bridgehead atoms. The number of rotatable bonds is 7. The molecular weight excluding hydrogens is 543 g/mol. The second-order valence-corrected chi connectivity index (χ2v) is 11.3. The Bertz CT molecular complexity index is 1530. The molecule has 4 rings (SSSR count). The third-order valence-corrected chi connectivity index (χ3v) is 7.79. The highest BCUT2D eigenvalue weighted by Crippen LogP contribution is 2.49. The van der Waals surface area contributed by atoms with Gasteiger partial charge < -0.3 is 15.9 Å². The number of amides is 2. The fraction of sp³-hybridized carbons (Fsp3) is 0.276. The smallest absolute Gasteiger partial charge is 0.374 e. The van der Waals surface area contributed by atoms with E-state index in [0.717, 1.165) is 0 Å². The summed E-state index contributed by atoms with van der Waals surface area (Å²) in [5.41, 5.74) is 4.59. The van der Waals surface area contributed by atoms with Crippen LogP contribution in [0.25, 0.3) is 0 Å². The van der Waals surface area contributed by atoms with Crippen molar-refractivity contribution in [3.63, 3.8) is 0 Å². The van der Waals surface area contributed by atoms with E-state index in [1.165, 1.54) is 30.5 Å². The van der Waals surface area contributed by atoms with Gasteiger partial charge in [0, 0.05) is 39.6 Å². The molecule has 0 saturated heterocycles. The van der Waals surface area contributed by atoms with Gasteiger partial charge in [-0.25, -0.2) is 0 Å². The molecule has 0 radical (unpaired) electrons. The minimum atomic E-state index is -4.81. The molecule has 3 aromatic carbocycles. The van der Waals surface area contributed by atoms with Crippen molar-refractivity contribution in [1.29, 1.82) is 0 Å². The summed E-state index contributed by atoms with van der Waals surface area (Å²) in [7, 11) is -1.23. The van der Waals surface area contributed by atoms with Gasteiger partial charge in [-0.1, -0.05) is 49.3 Å². The van der Waals surface area contributed by atoms with E-state index in [0.29, 0.717) is 21.6 Å². The fourth-order valence-electron chi connectivity index (χ4n) is 4.66. The van der Waals surface area contributed by atoms with Crippen LogP contribution in [-0.4, -0.2) is 34.2 Å². The largest absolute Gasteiger partial charge is 0.435 e. The van der Waals surface area contributed by atoms with Crippen LogP contribution in [0.5, 0.6) is 0 Å². The van der Waals surface area contributed by atoms with Gasteiger partial charge >= 0.3 is 6.18 Å². The maximum absolute atomic E-state index is 14.5. The van der Waals surface area contributed by atoms with E-state index in [-0.39, 0.29) is 34.0 Å². The maximum Gasteiger partial charge on any atom is 0.435 e. The fourth-order valence-corrected chi connectivity index (χ4v) is 5.18. The average molecular weight is 572 g/mol. The number of carbonyl (C=O) groups is 2. The van der Waals surface area contributed by atoms with E-state index in [9.17, 15) is 27.0 Å². The van der Waals surface area contributed by atoms with E-state index in [1.807, 2.05) is 13.8 Å². The summed E-state index contributed by atoms with van der Waals surface area (Å²) in [5.74, 6) is -1.43. The number of primary amides is 1. The number of nitrogens with zero attached hydrogens (tertiary/aromatic N) is 1. The van der Waals surface area contributed by atoms with Crippen molar-refractivity contribution in [2.24, 2.45) is 10.9 Å². The summed E-state index contributed by atoms with van der Waals surface area (Å²) in [6.45, 7) is 5.29. The Morgan fingerprint density at radius 3 is 2.33 bits per heavy atom. The minimum Gasteiger partial charge on any atom is -0.374 e. The number of alkyl halides is 3. The summed E-state index contributed by atoms with van der Waals surface area (Å²) in [5, 5.41) is 6.46. The summed E-state index contributed by atoms with van der Waals surface area (Å²) < 4.78 is 55.1. The Labute approximate surface area is 232 Å². The number of oxime groups is 1. The van der Waals surface area contributed by atoms with Gasteiger partial charge in [0.15, 0.2) is 0 Å². The zero-order chi connectivity index (χ0) is 29.4. The summed E-state index contributed by atoms with van der Waals surface area (Å²) in [4.78, 5) is 31.0. The van der Waals surface area contributed by atoms with E-state index in [2.05, 4.69) is 10.5 Å². The summed E-state index contributed by atoms with van der Waals surface area (Å²) in [6.07, 6.45) is -3.87. The van der Waals surface area contributed by atoms with E-state index < -0.39 is 40.8 Å². The Hall–Kier alpha value is -3.99. The normalized spacial score (nSPS) is 17.8. The number of hydrogen-bond donors (Lipinski definition) is 2. The lowest BCUT2D eigenvalue weighted by molar-refractivity contribution is -0.275.